The number of carbonyl (C=O) groups is 2. The lowest BCUT2D eigenvalue weighted by molar-refractivity contribution is -0.00456. The molecule has 0 radical (unpaired) electrons. The van der Waals surface area contributed by atoms with Gasteiger partial charge >= 0.3 is 0 Å². The van der Waals surface area contributed by atoms with Crippen LogP contribution in [0.25, 0.3) is 0 Å². The first kappa shape index (κ1) is 25.3. The molecule has 6 rings (SSSR count). The summed E-state index contributed by atoms with van der Waals surface area (Å²) in [5, 5.41) is 9.44. The zero-order valence-electron chi connectivity index (χ0n) is 21.7. The Hall–Kier alpha value is -4.98. The fourth-order valence-electron chi connectivity index (χ4n) is 4.98. The van der Waals surface area contributed by atoms with Gasteiger partial charge in [0.15, 0.2) is 0 Å². The van der Waals surface area contributed by atoms with Crippen LogP contribution in [0.2, 0.25) is 0 Å². The molecule has 40 heavy (non-hydrogen) atoms. The number of nitrogens with one attached hydrogen (secondary N) is 1. The molecule has 8 heteroatoms. The van der Waals surface area contributed by atoms with Gasteiger partial charge in [0.05, 0.1) is 18.9 Å². The van der Waals surface area contributed by atoms with Gasteiger partial charge in [0, 0.05) is 29.7 Å². The summed E-state index contributed by atoms with van der Waals surface area (Å²) in [6, 6.07) is 27.6. The zero-order chi connectivity index (χ0) is 27.6. The van der Waals surface area contributed by atoms with Gasteiger partial charge in [-0.1, -0.05) is 42.5 Å². The number of Topliss-reactive ketones (excluding diaryl/α,β-unsaturated/α-hetero) is 1. The van der Waals surface area contributed by atoms with Gasteiger partial charge in [-0.25, -0.2) is 9.40 Å². The number of ketones is 1. The number of benzene rings is 4. The maximum atomic E-state index is 13.5. The summed E-state index contributed by atoms with van der Waals surface area (Å²) in [5.74, 6) is 0.500. The van der Waals surface area contributed by atoms with Gasteiger partial charge in [-0.15, -0.1) is 0 Å². The van der Waals surface area contributed by atoms with Gasteiger partial charge in [-0.05, 0) is 65.7 Å². The maximum Gasteiger partial charge on any atom is 0.251 e. The van der Waals surface area contributed by atoms with E-state index in [1.54, 1.807) is 24.3 Å². The molecule has 0 bridgehead atoms. The van der Waals surface area contributed by atoms with Crippen LogP contribution in [0.15, 0.2) is 102 Å². The summed E-state index contributed by atoms with van der Waals surface area (Å²) in [5.41, 5.74) is 4.43. The van der Waals surface area contributed by atoms with Crippen LogP contribution >= 0.6 is 0 Å². The monoisotopic (exact) mass is 535 g/mol. The molecule has 0 saturated carbocycles. The molecule has 0 aromatic heterocycles. The first-order valence-electron chi connectivity index (χ1n) is 12.9. The van der Waals surface area contributed by atoms with Crippen LogP contribution in [0, 0.1) is 5.82 Å². The van der Waals surface area contributed by atoms with Crippen molar-refractivity contribution in [3.05, 3.63) is 131 Å². The lowest BCUT2D eigenvalue weighted by Crippen LogP contribution is -2.45. The number of ether oxygens (including phenoxy) is 2. The number of methoxy groups -OCH3 is 1. The van der Waals surface area contributed by atoms with Gasteiger partial charge in [-0.3, -0.25) is 9.59 Å². The van der Waals surface area contributed by atoms with Crippen molar-refractivity contribution in [1.29, 1.82) is 0 Å². The molecule has 0 spiro atoms. The fraction of sp³-hybridized carbons (Fsp3) is 0.156. The summed E-state index contributed by atoms with van der Waals surface area (Å²) in [6.07, 6.45) is -0.415. The summed E-state index contributed by atoms with van der Waals surface area (Å²) in [7, 11) is 1.61. The van der Waals surface area contributed by atoms with Crippen LogP contribution in [0.3, 0.4) is 0 Å². The van der Waals surface area contributed by atoms with Gasteiger partial charge in [0.1, 0.15) is 17.3 Å². The molecule has 2 atom stereocenters. The predicted molar refractivity (Wildman–Crippen MR) is 148 cm³/mol. The van der Waals surface area contributed by atoms with E-state index in [0.29, 0.717) is 29.8 Å². The molecule has 7 nitrogen and oxygen atoms in total. The van der Waals surface area contributed by atoms with E-state index in [4.69, 9.17) is 14.6 Å². The number of para-hydroxylation sites is 1. The Morgan fingerprint density at radius 3 is 2.38 bits per heavy atom. The minimum Gasteiger partial charge on any atom is -0.497 e. The van der Waals surface area contributed by atoms with E-state index in [9.17, 15) is 14.0 Å². The van der Waals surface area contributed by atoms with Crippen molar-refractivity contribution < 1.29 is 23.5 Å². The SMILES string of the molecule is COc1ccc(CNC(=O)c2ccc(C3=NN4C(C(=O)c5ccc(F)cc5)Oc5ccccc5C4C3)cc2)cc1. The van der Waals surface area contributed by atoms with E-state index in [1.165, 1.54) is 24.3 Å². The quantitative estimate of drug-likeness (QED) is 0.316. The number of nitrogens with zero attached hydrogens (tertiary/aromatic N) is 2. The lowest BCUT2D eigenvalue weighted by Gasteiger charge is -2.37. The van der Waals surface area contributed by atoms with Crippen molar-refractivity contribution in [2.24, 2.45) is 5.10 Å². The van der Waals surface area contributed by atoms with E-state index in [2.05, 4.69) is 5.32 Å². The van der Waals surface area contributed by atoms with Crippen LogP contribution in [0.1, 0.15) is 49.9 Å². The second-order valence-corrected chi connectivity index (χ2v) is 9.63. The largest absolute Gasteiger partial charge is 0.497 e. The highest BCUT2D eigenvalue weighted by Crippen LogP contribution is 2.43. The topological polar surface area (TPSA) is 80.2 Å². The average Bonchev–Trinajstić information content (AvgIpc) is 3.46. The summed E-state index contributed by atoms with van der Waals surface area (Å²) in [6.45, 7) is 0.400. The standard InChI is InChI=1S/C32H26FN3O4/c1-39-25-16-6-20(7-17-25)19-34-31(38)23-10-8-21(9-11-23)27-18-28-26-4-2-3-5-29(26)40-32(36(28)35-27)30(37)22-12-14-24(33)15-13-22/h2-17,28,32H,18-19H2,1H3,(H,34,38). The molecule has 2 aliphatic rings. The number of hydrogen-bond donors (Lipinski definition) is 1. The highest BCUT2D eigenvalue weighted by atomic mass is 19.1. The van der Waals surface area contributed by atoms with Crippen LogP contribution in [-0.4, -0.2) is 35.7 Å². The lowest BCUT2D eigenvalue weighted by atomic mass is 9.95. The second-order valence-electron chi connectivity index (χ2n) is 9.63. The van der Waals surface area contributed by atoms with E-state index >= 15 is 0 Å². The zero-order valence-corrected chi connectivity index (χ0v) is 21.7. The predicted octanol–water partition coefficient (Wildman–Crippen LogP) is 5.52. The van der Waals surface area contributed by atoms with E-state index in [-0.39, 0.29) is 17.7 Å². The summed E-state index contributed by atoms with van der Waals surface area (Å²) < 4.78 is 24.8. The Morgan fingerprint density at radius 1 is 0.950 bits per heavy atom. The molecule has 1 amide bonds. The summed E-state index contributed by atoms with van der Waals surface area (Å²) in [4.78, 5) is 26.2. The highest BCUT2D eigenvalue weighted by Gasteiger charge is 2.43. The molecule has 1 N–H and O–H groups in total. The Bertz CT molecular complexity index is 1580. The van der Waals surface area contributed by atoms with E-state index in [1.807, 2.05) is 60.7 Å². The fourth-order valence-corrected chi connectivity index (χ4v) is 4.98. The number of hydrogen-bond acceptors (Lipinski definition) is 6. The van der Waals surface area contributed by atoms with Crippen molar-refractivity contribution >= 4 is 17.4 Å². The molecule has 0 fully saturated rings. The first-order chi connectivity index (χ1) is 19.5. The number of fused-ring (bicyclic) bond motifs is 3. The van der Waals surface area contributed by atoms with Crippen LogP contribution in [0.5, 0.6) is 11.5 Å². The Kier molecular flexibility index (Phi) is 6.74. The number of rotatable bonds is 7. The number of halogens is 1. The first-order valence-corrected chi connectivity index (χ1v) is 12.9. The molecular formula is C32H26FN3O4. The number of carbonyl (C=O) groups excluding carboxylic acids is 2. The highest BCUT2D eigenvalue weighted by molar-refractivity contribution is 6.04. The Morgan fingerprint density at radius 2 is 1.65 bits per heavy atom. The molecule has 2 heterocycles. The number of hydrazone groups is 1. The van der Waals surface area contributed by atoms with Crippen molar-refractivity contribution in [3.8, 4) is 11.5 Å². The molecule has 0 saturated heterocycles. The van der Waals surface area contributed by atoms with Crippen LogP contribution < -0.4 is 14.8 Å². The normalized spacial score (nSPS) is 17.2. The van der Waals surface area contributed by atoms with Crippen molar-refractivity contribution in [1.82, 2.24) is 10.3 Å². The van der Waals surface area contributed by atoms with Crippen molar-refractivity contribution in [2.45, 2.75) is 25.2 Å². The third-order valence-corrected chi connectivity index (χ3v) is 7.14. The average molecular weight is 536 g/mol. The summed E-state index contributed by atoms with van der Waals surface area (Å²) >= 11 is 0. The Balaban J connectivity index is 1.20. The van der Waals surface area contributed by atoms with Crippen molar-refractivity contribution in [3.63, 3.8) is 0 Å². The van der Waals surface area contributed by atoms with Gasteiger partial charge in [0.2, 0.25) is 5.78 Å². The molecule has 2 aliphatic heterocycles. The minimum atomic E-state index is -0.981. The molecule has 0 aliphatic carbocycles. The maximum absolute atomic E-state index is 13.5. The second kappa shape index (κ2) is 10.6. The minimum absolute atomic E-state index is 0.180. The molecule has 4 aromatic carbocycles. The molecular weight excluding hydrogens is 509 g/mol. The smallest absolute Gasteiger partial charge is 0.251 e. The number of amides is 1. The third kappa shape index (κ3) is 4.91. The molecule has 4 aromatic rings. The third-order valence-electron chi connectivity index (χ3n) is 7.14. The Labute approximate surface area is 230 Å². The molecule has 200 valence electrons. The van der Waals surface area contributed by atoms with E-state index < -0.39 is 12.0 Å². The van der Waals surface area contributed by atoms with E-state index in [0.717, 1.165) is 28.2 Å². The van der Waals surface area contributed by atoms with Gasteiger partial charge < -0.3 is 14.8 Å². The van der Waals surface area contributed by atoms with Crippen LogP contribution in [0.4, 0.5) is 4.39 Å². The van der Waals surface area contributed by atoms with Crippen LogP contribution in [-0.2, 0) is 6.54 Å². The van der Waals surface area contributed by atoms with Gasteiger partial charge in [-0.2, -0.15) is 5.10 Å². The van der Waals surface area contributed by atoms with Crippen molar-refractivity contribution in [2.75, 3.05) is 7.11 Å². The molecule has 2 unspecified atom stereocenters. The van der Waals surface area contributed by atoms with Gasteiger partial charge in [0.25, 0.3) is 12.1 Å².